The molecule has 0 spiro atoms. The van der Waals surface area contributed by atoms with Gasteiger partial charge in [-0.05, 0) is 62.3 Å². The van der Waals surface area contributed by atoms with E-state index in [1.54, 1.807) is 0 Å². The molecule has 2 aliphatic heterocycles. The zero-order valence-electron chi connectivity index (χ0n) is 18.9. The summed E-state index contributed by atoms with van der Waals surface area (Å²) in [5, 5.41) is 3.15. The van der Waals surface area contributed by atoms with Gasteiger partial charge in [0.05, 0.1) is 12.6 Å². The van der Waals surface area contributed by atoms with Crippen LogP contribution in [0.25, 0.3) is 0 Å². The quantitative estimate of drug-likeness (QED) is 0.804. The van der Waals surface area contributed by atoms with Gasteiger partial charge in [-0.1, -0.05) is 48.0 Å². The van der Waals surface area contributed by atoms with Crippen molar-refractivity contribution in [2.24, 2.45) is 0 Å². The Morgan fingerprint density at radius 2 is 1.81 bits per heavy atom. The molecule has 0 aliphatic carbocycles. The monoisotopic (exact) mass is 419 g/mol. The van der Waals surface area contributed by atoms with E-state index in [0.717, 1.165) is 43.5 Å². The lowest BCUT2D eigenvalue weighted by molar-refractivity contribution is -0.137. The van der Waals surface area contributed by atoms with Crippen LogP contribution in [0.1, 0.15) is 59.7 Å². The second kappa shape index (κ2) is 9.23. The van der Waals surface area contributed by atoms with E-state index < -0.39 is 0 Å². The van der Waals surface area contributed by atoms with E-state index in [-0.39, 0.29) is 30.4 Å². The lowest BCUT2D eigenvalue weighted by atomic mass is 9.91. The van der Waals surface area contributed by atoms with Gasteiger partial charge in [0.15, 0.2) is 0 Å². The molecular formula is C26H33N3O2. The Kier molecular flexibility index (Phi) is 6.42. The zero-order chi connectivity index (χ0) is 22.0. The molecule has 2 amide bonds. The predicted octanol–water partition coefficient (Wildman–Crippen LogP) is 3.70. The maximum absolute atomic E-state index is 13.4. The summed E-state index contributed by atoms with van der Waals surface area (Å²) in [6, 6.07) is 14.1. The maximum atomic E-state index is 13.4. The third-order valence-electron chi connectivity index (χ3n) is 6.65. The van der Waals surface area contributed by atoms with Gasteiger partial charge in [-0.25, -0.2) is 0 Å². The lowest BCUT2D eigenvalue weighted by Crippen LogP contribution is -2.49. The summed E-state index contributed by atoms with van der Waals surface area (Å²) in [5.74, 6) is 0.103. The summed E-state index contributed by atoms with van der Waals surface area (Å²) in [5.41, 5.74) is 5.81. The molecule has 0 saturated carbocycles. The van der Waals surface area contributed by atoms with Crippen molar-refractivity contribution in [2.45, 2.75) is 52.1 Å². The van der Waals surface area contributed by atoms with Crippen LogP contribution >= 0.6 is 0 Å². The molecule has 2 aromatic carbocycles. The number of fused-ring (bicyclic) bond motifs is 1. The van der Waals surface area contributed by atoms with Crippen molar-refractivity contribution in [1.82, 2.24) is 15.1 Å². The highest BCUT2D eigenvalue weighted by Gasteiger charge is 2.37. The number of benzene rings is 2. The molecule has 31 heavy (non-hydrogen) atoms. The van der Waals surface area contributed by atoms with Crippen LogP contribution in [0.2, 0.25) is 0 Å². The van der Waals surface area contributed by atoms with E-state index in [4.69, 9.17) is 0 Å². The minimum atomic E-state index is -0.370. The van der Waals surface area contributed by atoms with Gasteiger partial charge in [0, 0.05) is 19.6 Å². The summed E-state index contributed by atoms with van der Waals surface area (Å²) in [7, 11) is 0. The minimum Gasteiger partial charge on any atom is -0.348 e. The number of carbonyl (C=O) groups is 2. The van der Waals surface area contributed by atoms with Crippen LogP contribution in [0.3, 0.4) is 0 Å². The van der Waals surface area contributed by atoms with Crippen molar-refractivity contribution >= 4 is 11.8 Å². The van der Waals surface area contributed by atoms with Crippen LogP contribution in [0.15, 0.2) is 42.5 Å². The Morgan fingerprint density at radius 1 is 1.06 bits per heavy atom. The minimum absolute atomic E-state index is 0.0360. The molecule has 1 N–H and O–H groups in total. The van der Waals surface area contributed by atoms with Gasteiger partial charge in [-0.3, -0.25) is 14.5 Å². The second-order valence-corrected chi connectivity index (χ2v) is 9.00. The fourth-order valence-corrected chi connectivity index (χ4v) is 5.05. The number of nitrogens with zero attached hydrogens (tertiary/aromatic N) is 2. The number of carbonyl (C=O) groups excluding carboxylic acids is 2. The number of hydrogen-bond donors (Lipinski definition) is 1. The Hall–Kier alpha value is -2.66. The molecule has 5 heteroatoms. The van der Waals surface area contributed by atoms with Gasteiger partial charge in [0.2, 0.25) is 11.8 Å². The molecule has 1 fully saturated rings. The molecule has 0 radical (unpaired) electrons. The maximum Gasteiger partial charge on any atom is 0.244 e. The van der Waals surface area contributed by atoms with Crippen molar-refractivity contribution < 1.29 is 9.59 Å². The average Bonchev–Trinajstić information content (AvgIpc) is 3.28. The highest BCUT2D eigenvalue weighted by Crippen LogP contribution is 2.32. The first-order chi connectivity index (χ1) is 14.9. The summed E-state index contributed by atoms with van der Waals surface area (Å²) < 4.78 is 0. The van der Waals surface area contributed by atoms with Crippen molar-refractivity contribution in [1.29, 1.82) is 0 Å². The van der Waals surface area contributed by atoms with Crippen molar-refractivity contribution in [3.8, 4) is 0 Å². The van der Waals surface area contributed by atoms with Crippen LogP contribution in [0.4, 0.5) is 0 Å². The summed E-state index contributed by atoms with van der Waals surface area (Å²) in [4.78, 5) is 30.5. The van der Waals surface area contributed by atoms with E-state index in [1.807, 2.05) is 24.0 Å². The lowest BCUT2D eigenvalue weighted by Gasteiger charge is -2.38. The highest BCUT2D eigenvalue weighted by molar-refractivity contribution is 5.86. The number of nitrogens with one attached hydrogen (secondary N) is 1. The molecule has 2 aliphatic rings. The zero-order valence-corrected chi connectivity index (χ0v) is 18.9. The molecule has 0 aromatic heterocycles. The predicted molar refractivity (Wildman–Crippen MR) is 123 cm³/mol. The Labute approximate surface area is 185 Å². The van der Waals surface area contributed by atoms with Crippen molar-refractivity contribution in [3.63, 3.8) is 0 Å². The first kappa shape index (κ1) is 21.6. The van der Waals surface area contributed by atoms with Crippen LogP contribution in [-0.4, -0.2) is 47.8 Å². The van der Waals surface area contributed by atoms with Gasteiger partial charge in [0.1, 0.15) is 6.04 Å². The molecule has 0 unspecified atom stereocenters. The molecular weight excluding hydrogens is 386 g/mol. The topological polar surface area (TPSA) is 52.7 Å². The largest absolute Gasteiger partial charge is 0.348 e. The fourth-order valence-electron chi connectivity index (χ4n) is 5.05. The number of aryl methyl sites for hydroxylation is 2. The van der Waals surface area contributed by atoms with Gasteiger partial charge in [-0.15, -0.1) is 0 Å². The Bertz CT molecular complexity index is 965. The molecule has 0 bridgehead atoms. The van der Waals surface area contributed by atoms with Gasteiger partial charge < -0.3 is 10.2 Å². The van der Waals surface area contributed by atoms with Gasteiger partial charge in [-0.2, -0.15) is 0 Å². The van der Waals surface area contributed by atoms with E-state index in [2.05, 4.69) is 54.4 Å². The summed E-state index contributed by atoms with van der Waals surface area (Å²) >= 11 is 0. The van der Waals surface area contributed by atoms with Crippen LogP contribution in [-0.2, 0) is 16.0 Å². The summed E-state index contributed by atoms with van der Waals surface area (Å²) in [6.45, 7) is 8.76. The van der Waals surface area contributed by atoms with E-state index in [0.29, 0.717) is 6.54 Å². The van der Waals surface area contributed by atoms with Crippen molar-refractivity contribution in [2.75, 3.05) is 26.2 Å². The molecule has 164 valence electrons. The first-order valence-corrected chi connectivity index (χ1v) is 11.4. The first-order valence-electron chi connectivity index (χ1n) is 11.4. The number of rotatable bonds is 5. The molecule has 5 nitrogen and oxygen atoms in total. The number of amides is 2. The second-order valence-electron chi connectivity index (χ2n) is 9.00. The number of hydrogen-bond acceptors (Lipinski definition) is 3. The molecule has 1 saturated heterocycles. The molecule has 2 aromatic rings. The Balaban J connectivity index is 1.50. The van der Waals surface area contributed by atoms with Crippen LogP contribution < -0.4 is 5.32 Å². The number of likely N-dealkylation sites (tertiary alicyclic amines) is 1. The molecule has 2 heterocycles. The molecule has 2 atom stereocenters. The van der Waals surface area contributed by atoms with Crippen molar-refractivity contribution in [3.05, 3.63) is 70.3 Å². The standard InChI is InChI=1S/C26H33N3O2/c1-18-10-11-22(19(2)16-18)20(3)27-24(30)17-29-15-12-21-8-4-5-9-23(21)25(29)26(31)28-13-6-7-14-28/h4-5,8-11,16,20,25H,6-7,12-15,17H2,1-3H3,(H,27,30)/t20-,25+/m0/s1. The summed E-state index contributed by atoms with van der Waals surface area (Å²) in [6.07, 6.45) is 2.99. The average molecular weight is 420 g/mol. The van der Waals surface area contributed by atoms with Crippen LogP contribution in [0.5, 0.6) is 0 Å². The normalized spacial score (nSPS) is 19.7. The molecule has 4 rings (SSSR count). The third kappa shape index (κ3) is 4.67. The third-order valence-corrected chi connectivity index (χ3v) is 6.65. The smallest absolute Gasteiger partial charge is 0.244 e. The fraction of sp³-hybridized carbons (Fsp3) is 0.462. The highest BCUT2D eigenvalue weighted by atomic mass is 16.2. The van der Waals surface area contributed by atoms with E-state index >= 15 is 0 Å². The van der Waals surface area contributed by atoms with E-state index in [1.165, 1.54) is 16.7 Å². The van der Waals surface area contributed by atoms with Gasteiger partial charge in [0.25, 0.3) is 0 Å². The van der Waals surface area contributed by atoms with E-state index in [9.17, 15) is 9.59 Å². The van der Waals surface area contributed by atoms with Gasteiger partial charge >= 0.3 is 0 Å². The Morgan fingerprint density at radius 3 is 2.55 bits per heavy atom. The SMILES string of the molecule is Cc1ccc([C@H](C)NC(=O)CN2CCc3ccccc3[C@@H]2C(=O)N2CCCC2)c(C)c1. The van der Waals surface area contributed by atoms with Crippen LogP contribution in [0, 0.1) is 13.8 Å².